The quantitative estimate of drug-likeness (QED) is 0.839. The lowest BCUT2D eigenvalue weighted by Crippen LogP contribution is -2.24. The van der Waals surface area contributed by atoms with Gasteiger partial charge in [-0.05, 0) is 48.2 Å². The van der Waals surface area contributed by atoms with E-state index >= 15 is 0 Å². The van der Waals surface area contributed by atoms with Crippen molar-refractivity contribution in [2.75, 3.05) is 13.2 Å². The van der Waals surface area contributed by atoms with Gasteiger partial charge in [-0.15, -0.1) is 0 Å². The Kier molecular flexibility index (Phi) is 6.01. The number of carbonyl (C=O) groups is 1. The van der Waals surface area contributed by atoms with E-state index < -0.39 is 0 Å². The Morgan fingerprint density at radius 1 is 1.12 bits per heavy atom. The van der Waals surface area contributed by atoms with Crippen molar-refractivity contribution in [1.29, 1.82) is 0 Å². The van der Waals surface area contributed by atoms with E-state index in [1.807, 2.05) is 24.3 Å². The molecule has 0 bridgehead atoms. The largest absolute Gasteiger partial charge is 0.491 e. The summed E-state index contributed by atoms with van der Waals surface area (Å²) in [6.45, 7) is 1.85. The number of carbonyl (C=O) groups excluding carboxylic acids is 1. The average Bonchev–Trinajstić information content (AvgIpc) is 3.15. The number of benzene rings is 2. The van der Waals surface area contributed by atoms with Crippen molar-refractivity contribution in [3.63, 3.8) is 0 Å². The fourth-order valence-electron chi connectivity index (χ4n) is 2.72. The summed E-state index contributed by atoms with van der Waals surface area (Å²) >= 11 is 0. The zero-order valence-electron chi connectivity index (χ0n) is 14.0. The van der Waals surface area contributed by atoms with Crippen LogP contribution in [-0.4, -0.2) is 25.2 Å². The van der Waals surface area contributed by atoms with Crippen LogP contribution in [0.5, 0.6) is 5.75 Å². The van der Waals surface area contributed by atoms with E-state index in [-0.39, 0.29) is 24.2 Å². The molecule has 0 unspecified atom stereocenters. The molecule has 132 valence electrons. The molecule has 0 aliphatic carbocycles. The van der Waals surface area contributed by atoms with Crippen LogP contribution in [-0.2, 0) is 22.5 Å². The molecule has 1 N–H and O–H groups in total. The zero-order valence-corrected chi connectivity index (χ0v) is 14.0. The molecule has 5 heteroatoms. The third-order valence-corrected chi connectivity index (χ3v) is 4.15. The SMILES string of the molecule is O=C(Cc1ccc(F)cc1)NCc1ccc(OC[C@@H]2CCCO2)cc1. The van der Waals surface area contributed by atoms with Crippen LogP contribution in [0, 0.1) is 5.82 Å². The van der Waals surface area contributed by atoms with Gasteiger partial charge < -0.3 is 14.8 Å². The molecule has 0 saturated carbocycles. The maximum Gasteiger partial charge on any atom is 0.224 e. The van der Waals surface area contributed by atoms with Crippen LogP contribution >= 0.6 is 0 Å². The highest BCUT2D eigenvalue weighted by Gasteiger charge is 2.15. The zero-order chi connectivity index (χ0) is 17.5. The smallest absolute Gasteiger partial charge is 0.224 e. The van der Waals surface area contributed by atoms with Gasteiger partial charge in [0.15, 0.2) is 0 Å². The number of ether oxygens (including phenoxy) is 2. The molecule has 1 amide bonds. The van der Waals surface area contributed by atoms with Crippen molar-refractivity contribution >= 4 is 5.91 Å². The summed E-state index contributed by atoms with van der Waals surface area (Å²) in [5, 5.41) is 2.86. The first-order chi connectivity index (χ1) is 12.2. The molecule has 0 radical (unpaired) electrons. The topological polar surface area (TPSA) is 47.6 Å². The first-order valence-corrected chi connectivity index (χ1v) is 8.53. The van der Waals surface area contributed by atoms with Crippen molar-refractivity contribution in [3.05, 3.63) is 65.5 Å². The maximum atomic E-state index is 12.9. The highest BCUT2D eigenvalue weighted by molar-refractivity contribution is 5.78. The molecule has 2 aromatic rings. The molecule has 1 aliphatic rings. The third kappa shape index (κ3) is 5.57. The number of nitrogens with one attached hydrogen (secondary N) is 1. The van der Waals surface area contributed by atoms with Crippen LogP contribution in [0.2, 0.25) is 0 Å². The fourth-order valence-corrected chi connectivity index (χ4v) is 2.72. The third-order valence-electron chi connectivity index (χ3n) is 4.15. The van der Waals surface area contributed by atoms with Gasteiger partial charge in [0.1, 0.15) is 18.2 Å². The second-order valence-electron chi connectivity index (χ2n) is 6.17. The maximum absolute atomic E-state index is 12.9. The monoisotopic (exact) mass is 343 g/mol. The van der Waals surface area contributed by atoms with Crippen LogP contribution in [0.25, 0.3) is 0 Å². The van der Waals surface area contributed by atoms with Gasteiger partial charge in [0, 0.05) is 13.2 Å². The molecule has 1 aliphatic heterocycles. The van der Waals surface area contributed by atoms with Crippen LogP contribution in [0.4, 0.5) is 4.39 Å². The van der Waals surface area contributed by atoms with Gasteiger partial charge in [0.2, 0.25) is 5.91 Å². The molecule has 3 rings (SSSR count). The summed E-state index contributed by atoms with van der Waals surface area (Å²) in [7, 11) is 0. The summed E-state index contributed by atoms with van der Waals surface area (Å²) < 4.78 is 24.1. The summed E-state index contributed by atoms with van der Waals surface area (Å²) in [5.41, 5.74) is 1.79. The van der Waals surface area contributed by atoms with E-state index in [9.17, 15) is 9.18 Å². The van der Waals surface area contributed by atoms with Gasteiger partial charge >= 0.3 is 0 Å². The van der Waals surface area contributed by atoms with Gasteiger partial charge in [0.05, 0.1) is 12.5 Å². The van der Waals surface area contributed by atoms with Crippen molar-refractivity contribution < 1.29 is 18.7 Å². The van der Waals surface area contributed by atoms with Gasteiger partial charge in [-0.2, -0.15) is 0 Å². The molecule has 1 saturated heterocycles. The van der Waals surface area contributed by atoms with E-state index in [0.29, 0.717) is 13.2 Å². The standard InChI is InChI=1S/C20H22FNO3/c21-17-7-3-15(4-8-17)12-20(23)22-13-16-5-9-18(10-6-16)25-14-19-2-1-11-24-19/h3-10,19H,1-2,11-14H2,(H,22,23)/t19-/m0/s1. The molecular weight excluding hydrogens is 321 g/mol. The lowest BCUT2D eigenvalue weighted by Gasteiger charge is -2.12. The van der Waals surface area contributed by atoms with Gasteiger partial charge in [-0.3, -0.25) is 4.79 Å². The van der Waals surface area contributed by atoms with E-state index in [1.165, 1.54) is 12.1 Å². The molecule has 0 spiro atoms. The summed E-state index contributed by atoms with van der Waals surface area (Å²) in [6, 6.07) is 13.6. The Hall–Kier alpha value is -2.40. The van der Waals surface area contributed by atoms with Gasteiger partial charge in [-0.25, -0.2) is 4.39 Å². The Balaban J connectivity index is 1.41. The van der Waals surface area contributed by atoms with Crippen LogP contribution in [0.1, 0.15) is 24.0 Å². The van der Waals surface area contributed by atoms with E-state index in [0.717, 1.165) is 36.3 Å². The summed E-state index contributed by atoms with van der Waals surface area (Å²) in [4.78, 5) is 11.9. The summed E-state index contributed by atoms with van der Waals surface area (Å²) in [6.07, 6.45) is 2.59. The molecular formula is C20H22FNO3. The number of amides is 1. The van der Waals surface area contributed by atoms with Gasteiger partial charge in [-0.1, -0.05) is 24.3 Å². The van der Waals surface area contributed by atoms with Crippen molar-refractivity contribution in [2.24, 2.45) is 0 Å². The molecule has 1 atom stereocenters. The normalized spacial score (nSPS) is 16.6. The average molecular weight is 343 g/mol. The first kappa shape index (κ1) is 17.4. The van der Waals surface area contributed by atoms with Crippen LogP contribution in [0.15, 0.2) is 48.5 Å². The van der Waals surface area contributed by atoms with Crippen molar-refractivity contribution in [1.82, 2.24) is 5.32 Å². The minimum Gasteiger partial charge on any atom is -0.491 e. The molecule has 1 heterocycles. The lowest BCUT2D eigenvalue weighted by molar-refractivity contribution is -0.120. The number of hydrogen-bond acceptors (Lipinski definition) is 3. The molecule has 4 nitrogen and oxygen atoms in total. The second-order valence-corrected chi connectivity index (χ2v) is 6.17. The lowest BCUT2D eigenvalue weighted by atomic mass is 10.1. The second kappa shape index (κ2) is 8.62. The molecule has 0 aromatic heterocycles. The Morgan fingerprint density at radius 3 is 2.52 bits per heavy atom. The predicted octanol–water partition coefficient (Wildman–Crippen LogP) is 3.24. The van der Waals surface area contributed by atoms with Crippen molar-refractivity contribution in [2.45, 2.75) is 31.9 Å². The highest BCUT2D eigenvalue weighted by atomic mass is 19.1. The van der Waals surface area contributed by atoms with Crippen molar-refractivity contribution in [3.8, 4) is 5.75 Å². The first-order valence-electron chi connectivity index (χ1n) is 8.53. The number of rotatable bonds is 7. The molecule has 25 heavy (non-hydrogen) atoms. The molecule has 2 aromatic carbocycles. The fraction of sp³-hybridized carbons (Fsp3) is 0.350. The Bertz CT molecular complexity index is 679. The Morgan fingerprint density at radius 2 is 1.84 bits per heavy atom. The van der Waals surface area contributed by atoms with E-state index in [1.54, 1.807) is 12.1 Å². The van der Waals surface area contributed by atoms with Crippen LogP contribution in [0.3, 0.4) is 0 Å². The van der Waals surface area contributed by atoms with E-state index in [4.69, 9.17) is 9.47 Å². The molecule has 1 fully saturated rings. The van der Waals surface area contributed by atoms with Crippen LogP contribution < -0.4 is 10.1 Å². The summed E-state index contributed by atoms with van der Waals surface area (Å²) in [5.74, 6) is 0.410. The number of hydrogen-bond donors (Lipinski definition) is 1. The Labute approximate surface area is 147 Å². The highest BCUT2D eigenvalue weighted by Crippen LogP contribution is 2.16. The predicted molar refractivity (Wildman–Crippen MR) is 92.9 cm³/mol. The minimum absolute atomic E-state index is 0.0923. The van der Waals surface area contributed by atoms with Gasteiger partial charge in [0.25, 0.3) is 0 Å². The van der Waals surface area contributed by atoms with E-state index in [2.05, 4.69) is 5.32 Å². The number of halogens is 1. The minimum atomic E-state index is -0.300.